The molecular weight excluding hydrogens is 340 g/mol. The third kappa shape index (κ3) is 3.60. The molecule has 0 saturated carbocycles. The molecule has 1 unspecified atom stereocenters. The van der Waals surface area contributed by atoms with Gasteiger partial charge < -0.3 is 9.84 Å². The molecule has 3 rings (SSSR count). The van der Waals surface area contributed by atoms with Crippen molar-refractivity contribution in [3.63, 3.8) is 0 Å². The number of hydrogen-bond acceptors (Lipinski definition) is 5. The van der Waals surface area contributed by atoms with Crippen molar-refractivity contribution in [1.29, 1.82) is 0 Å². The lowest BCUT2D eigenvalue weighted by Crippen LogP contribution is -2.24. The number of nitrogens with zero attached hydrogens (tertiary/aromatic N) is 4. The van der Waals surface area contributed by atoms with Crippen LogP contribution < -0.4 is 5.32 Å². The molecule has 0 amide bonds. The van der Waals surface area contributed by atoms with E-state index in [1.165, 1.54) is 24.4 Å². The van der Waals surface area contributed by atoms with Crippen molar-refractivity contribution in [2.75, 3.05) is 7.05 Å². The molecule has 0 spiro atoms. The molecular formula is C15H16ClF2N5O. The van der Waals surface area contributed by atoms with Crippen molar-refractivity contribution in [3.05, 3.63) is 47.9 Å². The Morgan fingerprint density at radius 1 is 1.25 bits per heavy atom. The molecule has 0 aliphatic rings. The highest BCUT2D eigenvalue weighted by Gasteiger charge is 2.16. The number of likely N-dealkylation sites (N-methyl/N-ethyl adjacent to an activating group) is 1. The van der Waals surface area contributed by atoms with Crippen molar-refractivity contribution < 1.29 is 13.3 Å². The molecule has 0 aliphatic carbocycles. The van der Waals surface area contributed by atoms with Crippen LogP contribution in [0.2, 0.25) is 0 Å². The van der Waals surface area contributed by atoms with E-state index in [0.717, 1.165) is 4.68 Å². The number of nitrogens with one attached hydrogen (secondary N) is 1. The Kier molecular flexibility index (Phi) is 5.63. The smallest absolute Gasteiger partial charge is 0.278 e. The fourth-order valence-electron chi connectivity index (χ4n) is 2.09. The largest absolute Gasteiger partial charge is 0.332 e. The summed E-state index contributed by atoms with van der Waals surface area (Å²) < 4.78 is 33.8. The van der Waals surface area contributed by atoms with Crippen LogP contribution in [0.25, 0.3) is 17.3 Å². The predicted octanol–water partition coefficient (Wildman–Crippen LogP) is 2.77. The van der Waals surface area contributed by atoms with Gasteiger partial charge in [-0.05, 0) is 32.2 Å². The Morgan fingerprint density at radius 2 is 1.96 bits per heavy atom. The molecule has 3 aromatic rings. The normalized spacial score (nSPS) is 12.0. The maximum Gasteiger partial charge on any atom is 0.278 e. The third-order valence-corrected chi connectivity index (χ3v) is 3.42. The van der Waals surface area contributed by atoms with Gasteiger partial charge in [0.15, 0.2) is 23.2 Å². The quantitative estimate of drug-likeness (QED) is 0.762. The van der Waals surface area contributed by atoms with Gasteiger partial charge >= 0.3 is 0 Å². The summed E-state index contributed by atoms with van der Waals surface area (Å²) in [5.41, 5.74) is 0.103. The van der Waals surface area contributed by atoms with Crippen LogP contribution in [0.1, 0.15) is 12.7 Å². The van der Waals surface area contributed by atoms with E-state index in [1.54, 1.807) is 6.07 Å². The molecule has 0 bridgehead atoms. The van der Waals surface area contributed by atoms with Gasteiger partial charge in [-0.3, -0.25) is 0 Å². The molecule has 6 nitrogen and oxygen atoms in total. The molecule has 0 radical (unpaired) electrons. The van der Waals surface area contributed by atoms with E-state index in [9.17, 15) is 8.78 Å². The van der Waals surface area contributed by atoms with E-state index in [1.807, 2.05) is 14.0 Å². The van der Waals surface area contributed by atoms with Gasteiger partial charge in [0.1, 0.15) is 5.69 Å². The fourth-order valence-corrected chi connectivity index (χ4v) is 2.09. The number of benzene rings is 1. The van der Waals surface area contributed by atoms with E-state index >= 15 is 0 Å². The van der Waals surface area contributed by atoms with E-state index < -0.39 is 11.6 Å². The number of rotatable bonds is 5. The van der Waals surface area contributed by atoms with E-state index in [2.05, 4.69) is 20.6 Å². The minimum absolute atomic E-state index is 0. The first kappa shape index (κ1) is 18.0. The monoisotopic (exact) mass is 355 g/mol. The molecule has 0 aliphatic heterocycles. The molecule has 9 heteroatoms. The summed E-state index contributed by atoms with van der Waals surface area (Å²) in [5, 5.41) is 11.1. The summed E-state index contributed by atoms with van der Waals surface area (Å²) in [5.74, 6) is -0.658. The summed E-state index contributed by atoms with van der Waals surface area (Å²) in [7, 11) is 1.84. The highest BCUT2D eigenvalue weighted by molar-refractivity contribution is 5.85. The van der Waals surface area contributed by atoms with Crippen LogP contribution >= 0.6 is 12.4 Å². The number of hydrogen-bond donors (Lipinski definition) is 1. The Bertz CT molecular complexity index is 800. The van der Waals surface area contributed by atoms with Crippen LogP contribution in [-0.4, -0.2) is 33.0 Å². The molecule has 0 saturated heterocycles. The number of para-hydroxylation sites is 1. The average molecular weight is 356 g/mol. The summed E-state index contributed by atoms with van der Waals surface area (Å²) in [6, 6.07) is 5.40. The Morgan fingerprint density at radius 3 is 2.62 bits per heavy atom. The first-order valence-corrected chi connectivity index (χ1v) is 7.08. The molecule has 128 valence electrons. The number of halogens is 3. The van der Waals surface area contributed by atoms with Gasteiger partial charge in [-0.15, -0.1) is 12.4 Å². The van der Waals surface area contributed by atoms with Crippen molar-refractivity contribution in [3.8, 4) is 17.3 Å². The van der Waals surface area contributed by atoms with Gasteiger partial charge in [0.05, 0.1) is 0 Å². The second-order valence-electron chi connectivity index (χ2n) is 5.13. The fraction of sp³-hybridized carbons (Fsp3) is 0.267. The van der Waals surface area contributed by atoms with E-state index in [0.29, 0.717) is 17.9 Å². The Labute approximate surface area is 143 Å². The first-order chi connectivity index (χ1) is 11.1. The minimum atomic E-state index is -0.700. The standard InChI is InChI=1S/C15H15F2N5O.ClH/c1-9(18-2)8-13-19-15(23-21-13)12-6-7-22(20-12)14-10(16)4-3-5-11(14)17;/h3-7,9,18H,8H2,1-2H3;1H. The van der Waals surface area contributed by atoms with Crippen LogP contribution in [0.5, 0.6) is 0 Å². The predicted molar refractivity (Wildman–Crippen MR) is 86.2 cm³/mol. The van der Waals surface area contributed by atoms with E-state index in [4.69, 9.17) is 4.52 Å². The van der Waals surface area contributed by atoms with E-state index in [-0.39, 0.29) is 30.0 Å². The summed E-state index contributed by atoms with van der Waals surface area (Å²) in [6.45, 7) is 1.99. The van der Waals surface area contributed by atoms with Gasteiger partial charge in [0, 0.05) is 18.7 Å². The zero-order valence-electron chi connectivity index (χ0n) is 13.0. The maximum absolute atomic E-state index is 13.8. The topological polar surface area (TPSA) is 68.8 Å². The average Bonchev–Trinajstić information content (AvgIpc) is 3.16. The van der Waals surface area contributed by atoms with Crippen LogP contribution in [0.3, 0.4) is 0 Å². The van der Waals surface area contributed by atoms with Gasteiger partial charge in [0.2, 0.25) is 0 Å². The van der Waals surface area contributed by atoms with Gasteiger partial charge in [0.25, 0.3) is 5.89 Å². The van der Waals surface area contributed by atoms with Crippen molar-refractivity contribution in [2.24, 2.45) is 0 Å². The molecule has 1 N–H and O–H groups in total. The van der Waals surface area contributed by atoms with Crippen LogP contribution in [0.4, 0.5) is 8.78 Å². The lowest BCUT2D eigenvalue weighted by molar-refractivity contribution is 0.416. The molecule has 0 fully saturated rings. The van der Waals surface area contributed by atoms with Crippen molar-refractivity contribution in [2.45, 2.75) is 19.4 Å². The van der Waals surface area contributed by atoms with Gasteiger partial charge in [-0.1, -0.05) is 11.2 Å². The second-order valence-corrected chi connectivity index (χ2v) is 5.13. The summed E-state index contributed by atoms with van der Waals surface area (Å²) in [6.07, 6.45) is 2.04. The maximum atomic E-state index is 13.8. The molecule has 1 aromatic carbocycles. The first-order valence-electron chi connectivity index (χ1n) is 7.08. The molecule has 2 heterocycles. The minimum Gasteiger partial charge on any atom is -0.332 e. The SMILES string of the molecule is CNC(C)Cc1noc(-c2ccn(-c3c(F)cccc3F)n2)n1.Cl. The molecule has 2 aromatic heterocycles. The third-order valence-electron chi connectivity index (χ3n) is 3.42. The molecule has 1 atom stereocenters. The molecule has 24 heavy (non-hydrogen) atoms. The second kappa shape index (κ2) is 7.50. The number of aromatic nitrogens is 4. The Balaban J connectivity index is 0.00000208. The highest BCUT2D eigenvalue weighted by atomic mass is 35.5. The van der Waals surface area contributed by atoms with Crippen molar-refractivity contribution >= 4 is 12.4 Å². The van der Waals surface area contributed by atoms with Crippen molar-refractivity contribution in [1.82, 2.24) is 25.2 Å². The summed E-state index contributed by atoms with van der Waals surface area (Å²) >= 11 is 0. The zero-order chi connectivity index (χ0) is 16.4. The van der Waals surface area contributed by atoms with Crippen LogP contribution in [-0.2, 0) is 6.42 Å². The summed E-state index contributed by atoms with van der Waals surface area (Å²) in [4.78, 5) is 4.24. The van der Waals surface area contributed by atoms with Crippen LogP contribution in [0.15, 0.2) is 35.0 Å². The zero-order valence-corrected chi connectivity index (χ0v) is 13.8. The lowest BCUT2D eigenvalue weighted by atomic mass is 10.2. The highest BCUT2D eigenvalue weighted by Crippen LogP contribution is 2.20. The lowest BCUT2D eigenvalue weighted by Gasteiger charge is -2.04. The Hall–Kier alpha value is -2.32. The van der Waals surface area contributed by atoms with Gasteiger partial charge in [-0.2, -0.15) is 10.1 Å². The van der Waals surface area contributed by atoms with Gasteiger partial charge in [-0.25, -0.2) is 13.5 Å². The van der Waals surface area contributed by atoms with Crippen LogP contribution in [0, 0.1) is 11.6 Å².